The average molecular weight is 207 g/mol. The number of amides is 1. The predicted octanol–water partition coefficient (Wildman–Crippen LogP) is -0.163. The molecule has 6 nitrogen and oxygen atoms in total. The highest BCUT2D eigenvalue weighted by molar-refractivity contribution is 5.75. The third-order valence-electron chi connectivity index (χ3n) is 1.94. The second-order valence-electron chi connectivity index (χ2n) is 3.19. The molecule has 2 N–H and O–H groups in total. The molecule has 1 aromatic rings. The summed E-state index contributed by atoms with van der Waals surface area (Å²) in [7, 11) is 1.66. The third kappa shape index (κ3) is 3.31. The summed E-state index contributed by atoms with van der Waals surface area (Å²) in [6.07, 6.45) is 3.42. The first-order chi connectivity index (χ1) is 7.13. The minimum Gasteiger partial charge on any atom is -0.396 e. The zero-order valence-electron chi connectivity index (χ0n) is 8.55. The number of anilines is 1. The van der Waals surface area contributed by atoms with Crippen LogP contribution in [0.4, 0.5) is 5.69 Å². The fourth-order valence-corrected chi connectivity index (χ4v) is 1.07. The number of rotatable bonds is 4. The topological polar surface area (TPSA) is 87.9 Å². The van der Waals surface area contributed by atoms with Crippen LogP contribution in [0.25, 0.3) is 0 Å². The number of nitriles is 1. The van der Waals surface area contributed by atoms with Gasteiger partial charge in [0.05, 0.1) is 24.4 Å². The summed E-state index contributed by atoms with van der Waals surface area (Å²) in [6, 6.07) is 1.99. The molecule has 1 amide bonds. The minimum atomic E-state index is -0.0895. The van der Waals surface area contributed by atoms with Crippen LogP contribution in [0.2, 0.25) is 0 Å². The van der Waals surface area contributed by atoms with Gasteiger partial charge in [-0.1, -0.05) is 0 Å². The molecule has 0 aliphatic heterocycles. The second kappa shape index (κ2) is 5.00. The van der Waals surface area contributed by atoms with Gasteiger partial charge in [-0.15, -0.1) is 0 Å². The Morgan fingerprint density at radius 1 is 1.80 bits per heavy atom. The maximum atomic E-state index is 11.5. The highest BCUT2D eigenvalue weighted by Crippen LogP contribution is 1.99. The van der Waals surface area contributed by atoms with E-state index in [9.17, 15) is 4.79 Å². The fraction of sp³-hybridized carbons (Fsp3) is 0.444. The van der Waals surface area contributed by atoms with Crippen molar-refractivity contribution in [2.45, 2.75) is 13.0 Å². The van der Waals surface area contributed by atoms with Crippen LogP contribution in [0, 0.1) is 11.3 Å². The van der Waals surface area contributed by atoms with Crippen LogP contribution in [-0.2, 0) is 11.3 Å². The number of nitrogens with two attached hydrogens (primary N) is 1. The average Bonchev–Trinajstić information content (AvgIpc) is 2.60. The Balaban J connectivity index is 2.45. The number of nitrogen functional groups attached to an aromatic ring is 1. The first-order valence-corrected chi connectivity index (χ1v) is 4.52. The molecule has 0 aliphatic carbocycles. The Morgan fingerprint density at radius 2 is 2.53 bits per heavy atom. The quantitative estimate of drug-likeness (QED) is 0.742. The van der Waals surface area contributed by atoms with E-state index >= 15 is 0 Å². The zero-order chi connectivity index (χ0) is 11.3. The summed E-state index contributed by atoms with van der Waals surface area (Å²) < 4.78 is 1.47. The Morgan fingerprint density at radius 3 is 3.07 bits per heavy atom. The molecule has 6 heteroatoms. The number of nitrogens with zero attached hydrogens (tertiary/aromatic N) is 4. The number of carbonyl (C=O) groups excluding carboxylic acids is 1. The number of aromatic nitrogens is 2. The highest BCUT2D eigenvalue weighted by atomic mass is 16.2. The van der Waals surface area contributed by atoms with Gasteiger partial charge in [0.25, 0.3) is 0 Å². The molecule has 0 radical (unpaired) electrons. The lowest BCUT2D eigenvalue weighted by molar-refractivity contribution is -0.130. The Bertz CT molecular complexity index is 378. The molecule has 0 bridgehead atoms. The molecule has 0 saturated heterocycles. The van der Waals surface area contributed by atoms with Crippen LogP contribution in [0.3, 0.4) is 0 Å². The molecule has 1 rings (SSSR count). The van der Waals surface area contributed by atoms with Gasteiger partial charge in [-0.05, 0) is 0 Å². The molecule has 0 aliphatic rings. The van der Waals surface area contributed by atoms with Gasteiger partial charge in [-0.25, -0.2) is 0 Å². The molecule has 0 saturated carbocycles. The van der Waals surface area contributed by atoms with E-state index in [1.165, 1.54) is 15.8 Å². The number of hydrogen-bond donors (Lipinski definition) is 1. The van der Waals surface area contributed by atoms with Crippen LogP contribution in [0.5, 0.6) is 0 Å². The Kier molecular flexibility index (Phi) is 3.68. The summed E-state index contributed by atoms with van der Waals surface area (Å²) in [5, 5.41) is 12.3. The van der Waals surface area contributed by atoms with Gasteiger partial charge >= 0.3 is 0 Å². The number of carbonyl (C=O) groups is 1. The molecular formula is C9H13N5O. The highest BCUT2D eigenvalue weighted by Gasteiger charge is 2.09. The van der Waals surface area contributed by atoms with Crippen molar-refractivity contribution in [3.63, 3.8) is 0 Å². The normalized spacial score (nSPS) is 9.60. The Hall–Kier alpha value is -2.03. The molecule has 0 spiro atoms. The van der Waals surface area contributed by atoms with Crippen LogP contribution < -0.4 is 5.73 Å². The van der Waals surface area contributed by atoms with E-state index in [2.05, 4.69) is 5.10 Å². The van der Waals surface area contributed by atoms with E-state index in [-0.39, 0.29) is 12.5 Å². The van der Waals surface area contributed by atoms with Gasteiger partial charge in [0, 0.05) is 19.8 Å². The Labute approximate surface area is 87.9 Å². The van der Waals surface area contributed by atoms with Crippen molar-refractivity contribution in [2.24, 2.45) is 0 Å². The van der Waals surface area contributed by atoms with Gasteiger partial charge in [-0.2, -0.15) is 10.4 Å². The first kappa shape index (κ1) is 11.0. The van der Waals surface area contributed by atoms with E-state index in [1.54, 1.807) is 13.2 Å². The van der Waals surface area contributed by atoms with Crippen LogP contribution >= 0.6 is 0 Å². The molecular weight excluding hydrogens is 194 g/mol. The molecule has 1 heterocycles. The summed E-state index contributed by atoms with van der Waals surface area (Å²) in [5.41, 5.74) is 5.99. The van der Waals surface area contributed by atoms with Crippen LogP contribution in [0.1, 0.15) is 6.42 Å². The van der Waals surface area contributed by atoms with E-state index in [0.29, 0.717) is 18.7 Å². The molecule has 0 fully saturated rings. The molecule has 80 valence electrons. The van der Waals surface area contributed by atoms with Gasteiger partial charge < -0.3 is 10.6 Å². The fourth-order valence-electron chi connectivity index (χ4n) is 1.07. The number of hydrogen-bond acceptors (Lipinski definition) is 4. The van der Waals surface area contributed by atoms with Crippen molar-refractivity contribution < 1.29 is 4.79 Å². The van der Waals surface area contributed by atoms with Crippen molar-refractivity contribution in [2.75, 3.05) is 19.3 Å². The molecule has 0 unspecified atom stereocenters. The van der Waals surface area contributed by atoms with E-state index < -0.39 is 0 Å². The van der Waals surface area contributed by atoms with Crippen LogP contribution in [0.15, 0.2) is 12.4 Å². The standard InChI is InChI=1S/C9H13N5O/c1-13(4-2-3-10)9(15)7-14-6-8(11)5-12-14/h5-6H,2,4,7,11H2,1H3. The van der Waals surface area contributed by atoms with E-state index in [4.69, 9.17) is 11.0 Å². The van der Waals surface area contributed by atoms with Gasteiger partial charge in [0.1, 0.15) is 6.54 Å². The van der Waals surface area contributed by atoms with Crippen molar-refractivity contribution in [1.82, 2.24) is 14.7 Å². The lowest BCUT2D eigenvalue weighted by Crippen LogP contribution is -2.31. The summed E-state index contributed by atoms with van der Waals surface area (Å²) in [4.78, 5) is 13.0. The summed E-state index contributed by atoms with van der Waals surface area (Å²) in [6.45, 7) is 0.589. The van der Waals surface area contributed by atoms with Gasteiger partial charge in [-0.3, -0.25) is 9.48 Å². The second-order valence-corrected chi connectivity index (χ2v) is 3.19. The van der Waals surface area contributed by atoms with Crippen molar-refractivity contribution >= 4 is 11.6 Å². The van der Waals surface area contributed by atoms with Crippen molar-refractivity contribution in [1.29, 1.82) is 5.26 Å². The predicted molar refractivity (Wildman–Crippen MR) is 54.5 cm³/mol. The third-order valence-corrected chi connectivity index (χ3v) is 1.94. The van der Waals surface area contributed by atoms with Crippen molar-refractivity contribution in [3.05, 3.63) is 12.4 Å². The van der Waals surface area contributed by atoms with Crippen molar-refractivity contribution in [3.8, 4) is 6.07 Å². The minimum absolute atomic E-state index is 0.0895. The van der Waals surface area contributed by atoms with Crippen LogP contribution in [-0.4, -0.2) is 34.2 Å². The zero-order valence-corrected chi connectivity index (χ0v) is 8.55. The largest absolute Gasteiger partial charge is 0.396 e. The smallest absolute Gasteiger partial charge is 0.244 e. The lowest BCUT2D eigenvalue weighted by Gasteiger charge is -2.14. The molecule has 1 aromatic heterocycles. The van der Waals surface area contributed by atoms with Gasteiger partial charge in [0.2, 0.25) is 5.91 Å². The summed E-state index contributed by atoms with van der Waals surface area (Å²) >= 11 is 0. The summed E-state index contributed by atoms with van der Waals surface area (Å²) in [5.74, 6) is -0.0895. The monoisotopic (exact) mass is 207 g/mol. The molecule has 0 aromatic carbocycles. The van der Waals surface area contributed by atoms with E-state index in [0.717, 1.165) is 0 Å². The maximum Gasteiger partial charge on any atom is 0.244 e. The first-order valence-electron chi connectivity index (χ1n) is 4.52. The number of likely N-dealkylation sites (N-methyl/N-ethyl adjacent to an activating group) is 1. The SMILES string of the molecule is CN(CCC#N)C(=O)Cn1cc(N)cn1. The molecule has 0 atom stereocenters. The van der Waals surface area contributed by atoms with Gasteiger partial charge in [0.15, 0.2) is 0 Å². The molecule has 15 heavy (non-hydrogen) atoms. The lowest BCUT2D eigenvalue weighted by atomic mass is 10.4. The van der Waals surface area contributed by atoms with E-state index in [1.807, 2.05) is 6.07 Å². The maximum absolute atomic E-state index is 11.5.